The number of aromatic nitrogens is 2. The molecule has 10 heteroatoms. The number of hydrogen-bond donors (Lipinski definition) is 0. The van der Waals surface area contributed by atoms with E-state index in [1.807, 2.05) is 84.9 Å². The van der Waals surface area contributed by atoms with Crippen molar-refractivity contribution in [3.8, 4) is 57.2 Å². The van der Waals surface area contributed by atoms with Gasteiger partial charge < -0.3 is 32.2 Å². The Morgan fingerprint density at radius 2 is 1.07 bits per heavy atom. The fourth-order valence-electron chi connectivity index (χ4n) is 4.54. The Kier molecular flexibility index (Phi) is 8.25. The number of oxazole rings is 2. The van der Waals surface area contributed by atoms with E-state index in [2.05, 4.69) is 25.9 Å². The number of furan rings is 1. The van der Waals surface area contributed by atoms with E-state index in [0.29, 0.717) is 40.0 Å². The zero-order valence-corrected chi connectivity index (χ0v) is 25.9. The molecule has 0 spiro atoms. The number of halogens is 1. The average molecular weight is 656 g/mol. The van der Waals surface area contributed by atoms with E-state index in [1.54, 1.807) is 34.7 Å². The number of fused-ring (bicyclic) bond motifs is 2. The minimum absolute atomic E-state index is 0.536. The third-order valence-electron chi connectivity index (χ3n) is 6.81. The molecule has 7 aromatic rings. The van der Waals surface area contributed by atoms with Gasteiger partial charge in [-0.25, -0.2) is 9.97 Å². The zero-order chi connectivity index (χ0) is 30.6. The van der Waals surface area contributed by atoms with Crippen molar-refractivity contribution in [2.75, 3.05) is 28.4 Å². The van der Waals surface area contributed by atoms with Crippen LogP contribution in [-0.2, 0) is 0 Å². The number of methoxy groups -OCH3 is 4. The molecule has 0 N–H and O–H groups in total. The molecule has 0 bridgehead atoms. The van der Waals surface area contributed by atoms with Crippen molar-refractivity contribution >= 4 is 38.1 Å². The van der Waals surface area contributed by atoms with E-state index in [0.717, 1.165) is 43.9 Å². The van der Waals surface area contributed by atoms with Crippen LogP contribution in [0.1, 0.15) is 0 Å². The van der Waals surface area contributed by atoms with Crippen LogP contribution < -0.4 is 18.9 Å². The van der Waals surface area contributed by atoms with E-state index in [4.69, 9.17) is 32.2 Å². The summed E-state index contributed by atoms with van der Waals surface area (Å²) in [5.41, 5.74) is 5.41. The normalized spacial score (nSPS) is 10.8. The molecule has 0 saturated carbocycles. The van der Waals surface area contributed by atoms with Crippen molar-refractivity contribution in [3.63, 3.8) is 0 Å². The summed E-state index contributed by atoms with van der Waals surface area (Å²) in [4.78, 5) is 9.08. The van der Waals surface area contributed by atoms with Crippen LogP contribution in [0, 0.1) is 0 Å². The van der Waals surface area contributed by atoms with Gasteiger partial charge in [-0.1, -0.05) is 0 Å². The van der Waals surface area contributed by atoms with Crippen LogP contribution in [0.4, 0.5) is 0 Å². The van der Waals surface area contributed by atoms with E-state index in [9.17, 15) is 0 Å². The summed E-state index contributed by atoms with van der Waals surface area (Å²) in [7, 11) is 6.52. The zero-order valence-electron chi connectivity index (χ0n) is 24.3. The predicted octanol–water partition coefficient (Wildman–Crippen LogP) is 9.05. The van der Waals surface area contributed by atoms with E-state index < -0.39 is 0 Å². The molecule has 222 valence electrons. The van der Waals surface area contributed by atoms with Gasteiger partial charge in [-0.05, 0) is 88.7 Å². The number of hydrogen-bond acceptors (Lipinski definition) is 9. The van der Waals surface area contributed by atoms with Crippen LogP contribution in [0.2, 0.25) is 0 Å². The highest BCUT2D eigenvalue weighted by atomic mass is 79.9. The molecule has 9 nitrogen and oxygen atoms in total. The molecule has 4 aromatic carbocycles. The smallest absolute Gasteiger partial charge is 0.227 e. The Labute approximate surface area is 261 Å². The number of rotatable bonds is 7. The molecule has 0 unspecified atom stereocenters. The molecular formula is C34H27BrN2O7. The predicted molar refractivity (Wildman–Crippen MR) is 170 cm³/mol. The Morgan fingerprint density at radius 3 is 1.57 bits per heavy atom. The topological polar surface area (TPSA) is 102 Å². The van der Waals surface area contributed by atoms with E-state index in [1.165, 1.54) is 0 Å². The molecule has 44 heavy (non-hydrogen) atoms. The number of nitrogens with zero attached hydrogens (tertiary/aromatic N) is 2. The summed E-state index contributed by atoms with van der Waals surface area (Å²) in [5, 5.41) is 0. The summed E-state index contributed by atoms with van der Waals surface area (Å²) in [6.07, 6.45) is 1.63. The Morgan fingerprint density at radius 1 is 0.568 bits per heavy atom. The molecule has 0 aliphatic heterocycles. The first-order valence-electron chi connectivity index (χ1n) is 13.4. The van der Waals surface area contributed by atoms with Crippen molar-refractivity contribution in [3.05, 3.63) is 95.7 Å². The van der Waals surface area contributed by atoms with Crippen LogP contribution in [-0.4, -0.2) is 38.4 Å². The van der Waals surface area contributed by atoms with Gasteiger partial charge in [0.2, 0.25) is 11.8 Å². The summed E-state index contributed by atoms with van der Waals surface area (Å²) in [6, 6.07) is 26.3. The summed E-state index contributed by atoms with van der Waals surface area (Å²) in [6.45, 7) is 0. The average Bonchev–Trinajstić information content (AvgIpc) is 3.85. The standard InChI is InChI=1S/C19H15NO4.C15H12BrNO3/c1-21-13-7-5-12(6-8-13)19-20-16-11-14(22-2)10-15(18(16)24-19)17-4-3-9-23-17;1-18-10-5-3-9(4-6-10)15-17-13-8-11(19-2)7-12(16)14(13)20-15/h3-11H,1-2H3;3-8H,1-2H3. The second-order valence-electron chi connectivity index (χ2n) is 9.45. The third-order valence-corrected chi connectivity index (χ3v) is 7.40. The quantitative estimate of drug-likeness (QED) is 0.166. The lowest BCUT2D eigenvalue weighted by Gasteiger charge is -2.02. The van der Waals surface area contributed by atoms with Crippen molar-refractivity contribution in [2.45, 2.75) is 0 Å². The first-order chi connectivity index (χ1) is 21.5. The van der Waals surface area contributed by atoms with Gasteiger partial charge >= 0.3 is 0 Å². The van der Waals surface area contributed by atoms with Crippen LogP contribution in [0.15, 0.2) is 109 Å². The molecule has 0 saturated heterocycles. The maximum Gasteiger partial charge on any atom is 0.227 e. The Bertz CT molecular complexity index is 2010. The molecule has 0 aliphatic carbocycles. The van der Waals surface area contributed by atoms with Crippen LogP contribution in [0.3, 0.4) is 0 Å². The fourth-order valence-corrected chi connectivity index (χ4v) is 5.05. The highest BCUT2D eigenvalue weighted by Crippen LogP contribution is 2.36. The minimum Gasteiger partial charge on any atom is -0.497 e. The van der Waals surface area contributed by atoms with Crippen molar-refractivity contribution < 1.29 is 32.2 Å². The fraction of sp³-hybridized carbons (Fsp3) is 0.118. The lowest BCUT2D eigenvalue weighted by Crippen LogP contribution is -1.85. The first-order valence-corrected chi connectivity index (χ1v) is 14.2. The summed E-state index contributed by atoms with van der Waals surface area (Å²) >= 11 is 3.46. The maximum atomic E-state index is 6.01. The second kappa shape index (κ2) is 12.6. The van der Waals surface area contributed by atoms with Crippen molar-refractivity contribution in [1.82, 2.24) is 9.97 Å². The van der Waals surface area contributed by atoms with Crippen LogP contribution >= 0.6 is 15.9 Å². The highest BCUT2D eigenvalue weighted by molar-refractivity contribution is 9.10. The molecule has 0 aliphatic rings. The molecule has 7 rings (SSSR count). The lowest BCUT2D eigenvalue weighted by molar-refractivity contribution is 0.414. The van der Waals surface area contributed by atoms with E-state index >= 15 is 0 Å². The van der Waals surface area contributed by atoms with Crippen molar-refractivity contribution in [1.29, 1.82) is 0 Å². The second-order valence-corrected chi connectivity index (χ2v) is 10.3. The van der Waals surface area contributed by atoms with Crippen LogP contribution in [0.5, 0.6) is 23.0 Å². The lowest BCUT2D eigenvalue weighted by atomic mass is 10.1. The monoisotopic (exact) mass is 654 g/mol. The molecule has 0 fully saturated rings. The molecule has 0 atom stereocenters. The minimum atomic E-state index is 0.536. The summed E-state index contributed by atoms with van der Waals surface area (Å²) < 4.78 is 39.1. The van der Waals surface area contributed by atoms with Gasteiger partial charge in [-0.15, -0.1) is 0 Å². The molecule has 3 heterocycles. The molecular weight excluding hydrogens is 628 g/mol. The summed E-state index contributed by atoms with van der Waals surface area (Å²) in [5.74, 6) is 4.82. The van der Waals surface area contributed by atoms with Gasteiger partial charge in [0.25, 0.3) is 0 Å². The first kappa shape index (κ1) is 28.9. The molecule has 0 radical (unpaired) electrons. The van der Waals surface area contributed by atoms with Gasteiger partial charge in [0, 0.05) is 23.3 Å². The van der Waals surface area contributed by atoms with Crippen LogP contribution in [0.25, 0.3) is 56.4 Å². The van der Waals surface area contributed by atoms with Gasteiger partial charge in [0.1, 0.15) is 39.8 Å². The third kappa shape index (κ3) is 5.84. The SMILES string of the molecule is COc1ccc(-c2nc3cc(OC)cc(-c4ccco4)c3o2)cc1.COc1ccc(-c2nc3cc(OC)cc(Br)c3o2)cc1. The largest absolute Gasteiger partial charge is 0.497 e. The number of ether oxygens (including phenoxy) is 4. The van der Waals surface area contributed by atoms with Gasteiger partial charge in [-0.3, -0.25) is 0 Å². The van der Waals surface area contributed by atoms with Gasteiger partial charge in [-0.2, -0.15) is 0 Å². The van der Waals surface area contributed by atoms with E-state index in [-0.39, 0.29) is 0 Å². The highest BCUT2D eigenvalue weighted by Gasteiger charge is 2.17. The molecule has 0 amide bonds. The van der Waals surface area contributed by atoms with Gasteiger partial charge in [0.15, 0.2) is 11.2 Å². The maximum absolute atomic E-state index is 6.01. The molecule has 3 aromatic heterocycles. The van der Waals surface area contributed by atoms with Gasteiger partial charge in [0.05, 0.1) is 44.7 Å². The Balaban J connectivity index is 0.000000159. The Hall–Kier alpha value is -5.22. The number of benzene rings is 4. The van der Waals surface area contributed by atoms with Crippen molar-refractivity contribution in [2.24, 2.45) is 0 Å².